The van der Waals surface area contributed by atoms with E-state index in [-0.39, 0.29) is 5.60 Å². The lowest BCUT2D eigenvalue weighted by Gasteiger charge is -2.25. The van der Waals surface area contributed by atoms with Crippen molar-refractivity contribution in [2.75, 3.05) is 20.3 Å². The van der Waals surface area contributed by atoms with Gasteiger partial charge in [-0.15, -0.1) is 0 Å². The number of hydrogen-bond donors (Lipinski definition) is 0. The molecule has 1 aromatic carbocycles. The first-order valence-electron chi connectivity index (χ1n) is 4.95. The summed E-state index contributed by atoms with van der Waals surface area (Å²) in [5, 5.41) is 0. The van der Waals surface area contributed by atoms with Crippen molar-refractivity contribution in [3.8, 4) is 0 Å². The third-order valence-corrected chi connectivity index (χ3v) is 2.82. The van der Waals surface area contributed by atoms with E-state index < -0.39 is 0 Å². The predicted molar refractivity (Wildman–Crippen MR) is 65.0 cm³/mol. The molecule has 2 nitrogen and oxygen atoms in total. The Labute approximate surface area is 99.7 Å². The van der Waals surface area contributed by atoms with E-state index in [1.54, 1.807) is 7.11 Å². The Hall–Kier alpha value is -0.380. The molecule has 0 bridgehead atoms. The molecule has 0 heterocycles. The van der Waals surface area contributed by atoms with E-state index in [0.29, 0.717) is 13.2 Å². The van der Waals surface area contributed by atoms with Crippen molar-refractivity contribution in [1.82, 2.24) is 0 Å². The van der Waals surface area contributed by atoms with Crippen molar-refractivity contribution in [2.24, 2.45) is 0 Å². The smallest absolute Gasteiger partial charge is 0.0876 e. The number of methoxy groups -OCH3 is 1. The van der Waals surface area contributed by atoms with E-state index in [4.69, 9.17) is 9.47 Å². The molecule has 0 amide bonds. The molecule has 0 aliphatic heterocycles. The van der Waals surface area contributed by atoms with E-state index in [9.17, 15) is 0 Å². The van der Waals surface area contributed by atoms with Crippen LogP contribution >= 0.6 is 15.9 Å². The molecule has 0 aliphatic rings. The first kappa shape index (κ1) is 12.7. The van der Waals surface area contributed by atoms with Crippen molar-refractivity contribution >= 4 is 15.9 Å². The molecule has 15 heavy (non-hydrogen) atoms. The molecule has 84 valence electrons. The fourth-order valence-electron chi connectivity index (χ4n) is 1.31. The summed E-state index contributed by atoms with van der Waals surface area (Å²) in [5.74, 6) is 0. The van der Waals surface area contributed by atoms with Gasteiger partial charge in [-0.1, -0.05) is 28.1 Å². The molecular formula is C12H17BrO2. The lowest BCUT2D eigenvalue weighted by molar-refractivity contribution is -0.0431. The molecule has 0 spiro atoms. The Morgan fingerprint density at radius 3 is 2.27 bits per heavy atom. The standard InChI is InChI=1S/C12H17BrO2/c1-12(2,15-9-8-14-3)10-4-6-11(13)7-5-10/h4-7H,8-9H2,1-3H3. The molecule has 0 radical (unpaired) electrons. The van der Waals surface area contributed by atoms with Gasteiger partial charge in [0.1, 0.15) is 0 Å². The van der Waals surface area contributed by atoms with Gasteiger partial charge in [0.15, 0.2) is 0 Å². The van der Waals surface area contributed by atoms with Crippen LogP contribution in [0.25, 0.3) is 0 Å². The average molecular weight is 273 g/mol. The van der Waals surface area contributed by atoms with Crippen LogP contribution in [0.4, 0.5) is 0 Å². The summed E-state index contributed by atoms with van der Waals surface area (Å²) in [7, 11) is 1.68. The molecule has 0 unspecified atom stereocenters. The molecule has 0 N–H and O–H groups in total. The maximum atomic E-state index is 5.76. The number of halogens is 1. The number of hydrogen-bond acceptors (Lipinski definition) is 2. The Kier molecular flexibility index (Phi) is 4.77. The zero-order valence-corrected chi connectivity index (χ0v) is 11.0. The van der Waals surface area contributed by atoms with Gasteiger partial charge < -0.3 is 9.47 Å². The van der Waals surface area contributed by atoms with Crippen LogP contribution in [0.5, 0.6) is 0 Å². The van der Waals surface area contributed by atoms with Crippen LogP contribution in [0.3, 0.4) is 0 Å². The highest BCUT2D eigenvalue weighted by atomic mass is 79.9. The highest BCUT2D eigenvalue weighted by Gasteiger charge is 2.20. The van der Waals surface area contributed by atoms with E-state index >= 15 is 0 Å². The minimum absolute atomic E-state index is 0.265. The average Bonchev–Trinajstić information content (AvgIpc) is 2.18. The van der Waals surface area contributed by atoms with Gasteiger partial charge in [0, 0.05) is 11.6 Å². The van der Waals surface area contributed by atoms with Crippen LogP contribution < -0.4 is 0 Å². The van der Waals surface area contributed by atoms with Gasteiger partial charge in [0.25, 0.3) is 0 Å². The third-order valence-electron chi connectivity index (χ3n) is 2.29. The second kappa shape index (κ2) is 5.64. The summed E-state index contributed by atoms with van der Waals surface area (Å²) in [5.41, 5.74) is 0.904. The first-order chi connectivity index (χ1) is 7.06. The normalized spacial score (nSPS) is 11.7. The van der Waals surface area contributed by atoms with Gasteiger partial charge in [-0.2, -0.15) is 0 Å². The molecule has 0 aromatic heterocycles. The predicted octanol–water partition coefficient (Wildman–Crippen LogP) is 3.35. The lowest BCUT2D eigenvalue weighted by Crippen LogP contribution is -2.23. The maximum absolute atomic E-state index is 5.76. The van der Waals surface area contributed by atoms with Gasteiger partial charge in [-0.05, 0) is 31.5 Å². The van der Waals surface area contributed by atoms with Crippen LogP contribution in [-0.4, -0.2) is 20.3 Å². The Morgan fingerprint density at radius 1 is 1.13 bits per heavy atom. The van der Waals surface area contributed by atoms with Crippen LogP contribution in [-0.2, 0) is 15.1 Å². The summed E-state index contributed by atoms with van der Waals surface area (Å²) >= 11 is 3.42. The molecule has 0 aliphatic carbocycles. The SMILES string of the molecule is COCCOC(C)(C)c1ccc(Br)cc1. The summed E-state index contributed by atoms with van der Waals surface area (Å²) in [6.45, 7) is 5.36. The molecule has 0 atom stereocenters. The van der Waals surface area contributed by atoms with Crippen LogP contribution in [0.15, 0.2) is 28.7 Å². The fourth-order valence-corrected chi connectivity index (χ4v) is 1.58. The molecule has 1 rings (SSSR count). The van der Waals surface area contributed by atoms with Crippen LogP contribution in [0, 0.1) is 0 Å². The van der Waals surface area contributed by atoms with Gasteiger partial charge in [0.05, 0.1) is 18.8 Å². The molecule has 3 heteroatoms. The van der Waals surface area contributed by atoms with Crippen LogP contribution in [0.1, 0.15) is 19.4 Å². The molecule has 0 fully saturated rings. The maximum Gasteiger partial charge on any atom is 0.0876 e. The van der Waals surface area contributed by atoms with Crippen LogP contribution in [0.2, 0.25) is 0 Å². The van der Waals surface area contributed by atoms with E-state index in [1.807, 2.05) is 12.1 Å². The minimum Gasteiger partial charge on any atom is -0.382 e. The van der Waals surface area contributed by atoms with Gasteiger partial charge >= 0.3 is 0 Å². The summed E-state index contributed by atoms with van der Waals surface area (Å²) in [6.07, 6.45) is 0. The number of benzene rings is 1. The van der Waals surface area contributed by atoms with Gasteiger partial charge in [-0.3, -0.25) is 0 Å². The van der Waals surface area contributed by atoms with E-state index in [1.165, 1.54) is 5.56 Å². The molecular weight excluding hydrogens is 256 g/mol. The molecule has 1 aromatic rings. The Morgan fingerprint density at radius 2 is 1.73 bits per heavy atom. The summed E-state index contributed by atoms with van der Waals surface area (Å²) in [6, 6.07) is 8.18. The van der Waals surface area contributed by atoms with Crippen molar-refractivity contribution in [3.63, 3.8) is 0 Å². The quantitative estimate of drug-likeness (QED) is 0.766. The van der Waals surface area contributed by atoms with E-state index in [2.05, 4.69) is 41.9 Å². The zero-order chi connectivity index (χ0) is 11.3. The van der Waals surface area contributed by atoms with E-state index in [0.717, 1.165) is 4.47 Å². The van der Waals surface area contributed by atoms with Crippen molar-refractivity contribution in [3.05, 3.63) is 34.3 Å². The van der Waals surface area contributed by atoms with Gasteiger partial charge in [-0.25, -0.2) is 0 Å². The third kappa shape index (κ3) is 3.93. The highest BCUT2D eigenvalue weighted by Crippen LogP contribution is 2.25. The first-order valence-corrected chi connectivity index (χ1v) is 5.74. The Bertz CT molecular complexity index is 293. The zero-order valence-electron chi connectivity index (χ0n) is 9.42. The minimum atomic E-state index is -0.265. The highest BCUT2D eigenvalue weighted by molar-refractivity contribution is 9.10. The largest absolute Gasteiger partial charge is 0.382 e. The topological polar surface area (TPSA) is 18.5 Å². The van der Waals surface area contributed by atoms with Crippen molar-refractivity contribution < 1.29 is 9.47 Å². The Balaban J connectivity index is 2.63. The number of rotatable bonds is 5. The lowest BCUT2D eigenvalue weighted by atomic mass is 9.98. The molecule has 0 saturated heterocycles. The van der Waals surface area contributed by atoms with Crippen molar-refractivity contribution in [1.29, 1.82) is 0 Å². The van der Waals surface area contributed by atoms with Gasteiger partial charge in [0.2, 0.25) is 0 Å². The second-order valence-electron chi connectivity index (χ2n) is 3.86. The fraction of sp³-hybridized carbons (Fsp3) is 0.500. The second-order valence-corrected chi connectivity index (χ2v) is 4.77. The summed E-state index contributed by atoms with van der Waals surface area (Å²) in [4.78, 5) is 0. The van der Waals surface area contributed by atoms with Crippen molar-refractivity contribution in [2.45, 2.75) is 19.4 Å². The number of ether oxygens (including phenoxy) is 2. The summed E-state index contributed by atoms with van der Waals surface area (Å²) < 4.78 is 11.8. The molecule has 0 saturated carbocycles. The monoisotopic (exact) mass is 272 g/mol.